The van der Waals surface area contributed by atoms with Crippen LogP contribution in [0.4, 0.5) is 5.69 Å². The van der Waals surface area contributed by atoms with Crippen LogP contribution in [0.2, 0.25) is 0 Å². The summed E-state index contributed by atoms with van der Waals surface area (Å²) in [5, 5.41) is 0. The predicted octanol–water partition coefficient (Wildman–Crippen LogP) is 1.29. The van der Waals surface area contributed by atoms with E-state index in [1.165, 1.54) is 0 Å². The highest BCUT2D eigenvalue weighted by atomic mass is 16.5. The number of aromatic nitrogens is 1. The quantitative estimate of drug-likeness (QED) is 0.801. The SMILES string of the molecule is O=C(Cc1ccncc1)N1CCOC2(COCC(=O)N(c3ccccc3)C2)C1. The molecular weight excluding hydrogens is 358 g/mol. The Balaban J connectivity index is 1.51. The van der Waals surface area contributed by atoms with Crippen molar-refractivity contribution >= 4 is 17.5 Å². The summed E-state index contributed by atoms with van der Waals surface area (Å²) in [4.78, 5) is 32.9. The lowest BCUT2D eigenvalue weighted by molar-refractivity contribution is -0.157. The Kier molecular flexibility index (Phi) is 5.36. The molecule has 7 nitrogen and oxygen atoms in total. The second kappa shape index (κ2) is 8.08. The number of benzene rings is 1. The van der Waals surface area contributed by atoms with E-state index in [0.717, 1.165) is 11.3 Å². The second-order valence-corrected chi connectivity index (χ2v) is 7.19. The lowest BCUT2D eigenvalue weighted by Gasteiger charge is -2.43. The normalized spacial score (nSPS) is 22.9. The van der Waals surface area contributed by atoms with Gasteiger partial charge in [-0.15, -0.1) is 0 Å². The number of carbonyl (C=O) groups excluding carboxylic acids is 2. The van der Waals surface area contributed by atoms with Gasteiger partial charge in [-0.2, -0.15) is 0 Å². The van der Waals surface area contributed by atoms with Crippen LogP contribution in [0.1, 0.15) is 5.56 Å². The smallest absolute Gasteiger partial charge is 0.253 e. The summed E-state index contributed by atoms with van der Waals surface area (Å²) in [7, 11) is 0. The first kappa shape index (κ1) is 18.6. The molecule has 0 bridgehead atoms. The zero-order chi connectivity index (χ0) is 19.4. The van der Waals surface area contributed by atoms with E-state index in [1.807, 2.05) is 47.4 Å². The minimum Gasteiger partial charge on any atom is -0.368 e. The van der Waals surface area contributed by atoms with Crippen molar-refractivity contribution < 1.29 is 19.1 Å². The van der Waals surface area contributed by atoms with E-state index >= 15 is 0 Å². The summed E-state index contributed by atoms with van der Waals surface area (Å²) in [6.45, 7) is 1.99. The standard InChI is InChI=1S/C21H23N3O4/c25-19(12-17-6-8-22-9-7-17)23-10-11-28-21(14-23)15-24(20(26)13-27-16-21)18-4-2-1-3-5-18/h1-9H,10-16H2. The number of pyridine rings is 1. The van der Waals surface area contributed by atoms with Crippen molar-refractivity contribution in [3.05, 3.63) is 60.4 Å². The number of amides is 2. The van der Waals surface area contributed by atoms with E-state index in [0.29, 0.717) is 32.7 Å². The lowest BCUT2D eigenvalue weighted by atomic mass is 10.0. The first-order valence-corrected chi connectivity index (χ1v) is 9.39. The maximum atomic E-state index is 12.8. The fourth-order valence-electron chi connectivity index (χ4n) is 3.70. The van der Waals surface area contributed by atoms with Crippen molar-refractivity contribution in [1.29, 1.82) is 0 Å². The van der Waals surface area contributed by atoms with Gasteiger partial charge in [0.15, 0.2) is 0 Å². The molecule has 28 heavy (non-hydrogen) atoms. The maximum Gasteiger partial charge on any atom is 0.253 e. The van der Waals surface area contributed by atoms with Crippen LogP contribution in [0.3, 0.4) is 0 Å². The molecule has 2 aromatic rings. The molecule has 2 amide bonds. The molecule has 0 aliphatic carbocycles. The molecule has 0 radical (unpaired) electrons. The Morgan fingerprint density at radius 1 is 1.11 bits per heavy atom. The van der Waals surface area contributed by atoms with Crippen LogP contribution in [-0.2, 0) is 25.5 Å². The molecule has 1 atom stereocenters. The molecule has 1 unspecified atom stereocenters. The zero-order valence-corrected chi connectivity index (χ0v) is 15.6. The second-order valence-electron chi connectivity index (χ2n) is 7.19. The molecule has 2 saturated heterocycles. The number of rotatable bonds is 3. The Bertz CT molecular complexity index is 830. The Labute approximate surface area is 163 Å². The van der Waals surface area contributed by atoms with Gasteiger partial charge in [-0.25, -0.2) is 0 Å². The molecule has 1 spiro atoms. The average Bonchev–Trinajstić information content (AvgIpc) is 2.88. The van der Waals surface area contributed by atoms with Crippen LogP contribution in [0.5, 0.6) is 0 Å². The van der Waals surface area contributed by atoms with E-state index < -0.39 is 5.60 Å². The first-order valence-electron chi connectivity index (χ1n) is 9.39. The molecule has 4 rings (SSSR count). The van der Waals surface area contributed by atoms with Crippen molar-refractivity contribution in [1.82, 2.24) is 9.88 Å². The number of nitrogens with zero attached hydrogens (tertiary/aromatic N) is 3. The third-order valence-electron chi connectivity index (χ3n) is 5.11. The highest BCUT2D eigenvalue weighted by Gasteiger charge is 2.43. The molecule has 2 aliphatic rings. The number of anilines is 1. The van der Waals surface area contributed by atoms with E-state index in [1.54, 1.807) is 17.3 Å². The lowest BCUT2D eigenvalue weighted by Crippen LogP contribution is -2.60. The van der Waals surface area contributed by atoms with Crippen LogP contribution in [0.15, 0.2) is 54.9 Å². The van der Waals surface area contributed by atoms with Gasteiger partial charge in [-0.05, 0) is 29.8 Å². The molecule has 7 heteroatoms. The minimum atomic E-state index is -0.728. The van der Waals surface area contributed by atoms with Crippen LogP contribution in [0.25, 0.3) is 0 Å². The summed E-state index contributed by atoms with van der Waals surface area (Å²) in [6, 6.07) is 13.2. The van der Waals surface area contributed by atoms with Gasteiger partial charge in [-0.3, -0.25) is 14.6 Å². The van der Waals surface area contributed by atoms with Crippen molar-refractivity contribution in [3.63, 3.8) is 0 Å². The van der Waals surface area contributed by atoms with Gasteiger partial charge in [-0.1, -0.05) is 18.2 Å². The zero-order valence-electron chi connectivity index (χ0n) is 15.6. The summed E-state index contributed by atoms with van der Waals surface area (Å²) >= 11 is 0. The fourth-order valence-corrected chi connectivity index (χ4v) is 3.70. The van der Waals surface area contributed by atoms with Crippen LogP contribution < -0.4 is 4.90 Å². The predicted molar refractivity (Wildman–Crippen MR) is 103 cm³/mol. The molecule has 146 valence electrons. The van der Waals surface area contributed by atoms with Crippen LogP contribution in [-0.4, -0.2) is 66.8 Å². The molecular formula is C21H23N3O4. The van der Waals surface area contributed by atoms with Crippen molar-refractivity contribution in [2.24, 2.45) is 0 Å². The highest BCUT2D eigenvalue weighted by molar-refractivity contribution is 5.94. The number of para-hydroxylation sites is 1. The summed E-state index contributed by atoms with van der Waals surface area (Å²) in [5.41, 5.74) is 1.01. The number of ether oxygens (including phenoxy) is 2. The van der Waals surface area contributed by atoms with Crippen molar-refractivity contribution in [3.8, 4) is 0 Å². The van der Waals surface area contributed by atoms with Crippen LogP contribution >= 0.6 is 0 Å². The molecule has 1 aromatic carbocycles. The van der Waals surface area contributed by atoms with Crippen molar-refractivity contribution in [2.75, 3.05) is 44.4 Å². The monoisotopic (exact) mass is 381 g/mol. The first-order chi connectivity index (χ1) is 13.7. The Morgan fingerprint density at radius 2 is 1.89 bits per heavy atom. The third-order valence-corrected chi connectivity index (χ3v) is 5.11. The molecule has 3 heterocycles. The summed E-state index contributed by atoms with van der Waals surface area (Å²) in [5.74, 6) is -0.0670. The van der Waals surface area contributed by atoms with Crippen LogP contribution in [0, 0.1) is 0 Å². The number of hydrogen-bond donors (Lipinski definition) is 0. The van der Waals surface area contributed by atoms with E-state index in [2.05, 4.69) is 4.98 Å². The molecule has 1 aromatic heterocycles. The summed E-state index contributed by atoms with van der Waals surface area (Å²) in [6.07, 6.45) is 3.69. The highest BCUT2D eigenvalue weighted by Crippen LogP contribution is 2.26. The van der Waals surface area contributed by atoms with E-state index in [9.17, 15) is 9.59 Å². The molecule has 0 saturated carbocycles. The van der Waals surface area contributed by atoms with Gasteiger partial charge in [0.1, 0.15) is 12.2 Å². The number of carbonyl (C=O) groups is 2. The van der Waals surface area contributed by atoms with Gasteiger partial charge in [0.2, 0.25) is 5.91 Å². The molecule has 2 fully saturated rings. The maximum absolute atomic E-state index is 12.8. The number of hydrogen-bond acceptors (Lipinski definition) is 5. The largest absolute Gasteiger partial charge is 0.368 e. The Morgan fingerprint density at radius 3 is 2.68 bits per heavy atom. The Hall–Kier alpha value is -2.77. The van der Waals surface area contributed by atoms with Gasteiger partial charge >= 0.3 is 0 Å². The topological polar surface area (TPSA) is 72.0 Å². The van der Waals surface area contributed by atoms with Gasteiger partial charge in [0.05, 0.1) is 32.7 Å². The average molecular weight is 381 g/mol. The van der Waals surface area contributed by atoms with Gasteiger partial charge in [0.25, 0.3) is 5.91 Å². The summed E-state index contributed by atoms with van der Waals surface area (Å²) < 4.78 is 11.7. The third kappa shape index (κ3) is 4.05. The minimum absolute atomic E-state index is 0.00493. The molecule has 0 N–H and O–H groups in total. The van der Waals surface area contributed by atoms with Gasteiger partial charge in [0, 0.05) is 24.6 Å². The van der Waals surface area contributed by atoms with Gasteiger partial charge < -0.3 is 19.3 Å². The molecule has 2 aliphatic heterocycles. The number of morpholine rings is 1. The fraction of sp³-hybridized carbons (Fsp3) is 0.381. The van der Waals surface area contributed by atoms with E-state index in [-0.39, 0.29) is 25.0 Å². The van der Waals surface area contributed by atoms with E-state index in [4.69, 9.17) is 9.47 Å². The van der Waals surface area contributed by atoms with Crippen molar-refractivity contribution in [2.45, 2.75) is 12.0 Å².